The van der Waals surface area contributed by atoms with Gasteiger partial charge in [0, 0.05) is 11.8 Å². The van der Waals surface area contributed by atoms with Crippen LogP contribution in [-0.2, 0) is 9.53 Å². The first-order chi connectivity index (χ1) is 10.1. The highest BCUT2D eigenvalue weighted by Gasteiger charge is 2.44. The maximum Gasteiger partial charge on any atom is 0.314 e. The molecule has 6 heteroatoms. The molecule has 124 valence electrons. The van der Waals surface area contributed by atoms with Gasteiger partial charge in [-0.05, 0) is 17.9 Å². The van der Waals surface area contributed by atoms with Crippen molar-refractivity contribution in [1.82, 2.24) is 0 Å². The second-order valence-corrected chi connectivity index (χ2v) is 8.75. The Hall–Kier alpha value is -0.150. The predicted molar refractivity (Wildman–Crippen MR) is 94.1 cm³/mol. The van der Waals surface area contributed by atoms with Crippen molar-refractivity contribution in [2.75, 3.05) is 6.61 Å². The van der Waals surface area contributed by atoms with Crippen molar-refractivity contribution in [2.24, 2.45) is 5.41 Å². The molecule has 0 radical (unpaired) electrons. The first-order valence-electron chi connectivity index (χ1n) is 7.02. The van der Waals surface area contributed by atoms with E-state index >= 15 is 0 Å². The van der Waals surface area contributed by atoms with E-state index in [9.17, 15) is 4.79 Å². The first-order valence-corrected chi connectivity index (χ1v) is 8.59. The Morgan fingerprint density at radius 2 is 1.73 bits per heavy atom. The van der Waals surface area contributed by atoms with Crippen molar-refractivity contribution in [2.45, 2.75) is 42.3 Å². The molecule has 0 aromatic heterocycles. The minimum absolute atomic E-state index is 0.134. The van der Waals surface area contributed by atoms with Crippen LogP contribution in [0.25, 0.3) is 0 Å². The van der Waals surface area contributed by atoms with Crippen LogP contribution in [0.4, 0.5) is 0 Å². The van der Waals surface area contributed by atoms with Gasteiger partial charge in [-0.1, -0.05) is 79.0 Å². The normalized spacial score (nSPS) is 15.2. The van der Waals surface area contributed by atoms with Gasteiger partial charge in [0.25, 0.3) is 0 Å². The summed E-state index contributed by atoms with van der Waals surface area (Å²) in [7, 11) is 0. The Morgan fingerprint density at radius 1 is 1.18 bits per heavy atom. The minimum atomic E-state index is -1.47. The van der Waals surface area contributed by atoms with Crippen molar-refractivity contribution < 1.29 is 9.53 Å². The lowest BCUT2D eigenvalue weighted by Gasteiger charge is -2.38. The van der Waals surface area contributed by atoms with Gasteiger partial charge in [-0.2, -0.15) is 0 Å². The van der Waals surface area contributed by atoms with Gasteiger partial charge in [0.1, 0.15) is 0 Å². The van der Waals surface area contributed by atoms with Crippen LogP contribution in [0.1, 0.15) is 38.7 Å². The average molecular weight is 386 g/mol. The summed E-state index contributed by atoms with van der Waals surface area (Å²) in [5.74, 6) is -0.864. The molecule has 0 spiro atoms. The lowest BCUT2D eigenvalue weighted by atomic mass is 9.71. The van der Waals surface area contributed by atoms with Gasteiger partial charge in [-0.25, -0.2) is 0 Å². The Labute approximate surface area is 152 Å². The standard InChI is InChI=1S/C16H20Cl4O2/c1-4-22-14(21)13(11-8-6-5-7-9-11)15(2,3)12(17)10-16(18,19)20/h5-9,12-13H,4,10H2,1-3H3. The SMILES string of the molecule is CCOC(=O)C(c1ccccc1)C(C)(C)C(Cl)CC(Cl)(Cl)Cl. The summed E-state index contributed by atoms with van der Waals surface area (Å²) in [6.07, 6.45) is 0.134. The molecule has 2 nitrogen and oxygen atoms in total. The number of alkyl halides is 4. The van der Waals surface area contributed by atoms with Crippen molar-refractivity contribution in [1.29, 1.82) is 0 Å². The summed E-state index contributed by atoms with van der Waals surface area (Å²) in [4.78, 5) is 12.5. The number of ether oxygens (including phenoxy) is 1. The number of benzene rings is 1. The number of halogens is 4. The molecule has 0 saturated heterocycles. The summed E-state index contributed by atoms with van der Waals surface area (Å²) in [6, 6.07) is 9.38. The highest BCUT2D eigenvalue weighted by molar-refractivity contribution is 6.67. The fraction of sp³-hybridized carbons (Fsp3) is 0.562. The van der Waals surface area contributed by atoms with Crippen molar-refractivity contribution in [3.63, 3.8) is 0 Å². The fourth-order valence-electron chi connectivity index (χ4n) is 2.39. The Kier molecular flexibility index (Phi) is 7.32. The predicted octanol–water partition coefficient (Wildman–Crippen LogP) is 5.73. The van der Waals surface area contributed by atoms with Gasteiger partial charge < -0.3 is 4.74 Å². The van der Waals surface area contributed by atoms with E-state index in [0.717, 1.165) is 5.56 Å². The molecular formula is C16H20Cl4O2. The van der Waals surface area contributed by atoms with Crippen molar-refractivity contribution in [3.8, 4) is 0 Å². The number of carbonyl (C=O) groups is 1. The lowest BCUT2D eigenvalue weighted by Crippen LogP contribution is -2.39. The van der Waals surface area contributed by atoms with E-state index < -0.39 is 20.5 Å². The number of hydrogen-bond acceptors (Lipinski definition) is 2. The first kappa shape index (κ1) is 19.9. The van der Waals surface area contributed by atoms with Crippen LogP contribution in [0.3, 0.4) is 0 Å². The van der Waals surface area contributed by atoms with Crippen molar-refractivity contribution >= 4 is 52.4 Å². The molecule has 22 heavy (non-hydrogen) atoms. The van der Waals surface area contributed by atoms with E-state index in [0.29, 0.717) is 6.61 Å². The van der Waals surface area contributed by atoms with Crippen LogP contribution in [0, 0.1) is 5.41 Å². The van der Waals surface area contributed by atoms with E-state index in [1.165, 1.54) is 0 Å². The maximum atomic E-state index is 12.5. The monoisotopic (exact) mass is 384 g/mol. The van der Waals surface area contributed by atoms with Crippen LogP contribution < -0.4 is 0 Å². The summed E-state index contributed by atoms with van der Waals surface area (Å²) >= 11 is 24.1. The molecule has 0 aliphatic carbocycles. The molecule has 0 heterocycles. The molecule has 2 atom stereocenters. The second kappa shape index (κ2) is 8.10. The summed E-state index contributed by atoms with van der Waals surface area (Å²) in [5.41, 5.74) is 0.180. The molecule has 1 aromatic carbocycles. The Morgan fingerprint density at radius 3 is 2.18 bits per heavy atom. The number of hydrogen-bond donors (Lipinski definition) is 0. The van der Waals surface area contributed by atoms with Crippen LogP contribution in [0.5, 0.6) is 0 Å². The molecule has 0 N–H and O–H groups in total. The highest BCUT2D eigenvalue weighted by Crippen LogP contribution is 2.46. The second-order valence-electron chi connectivity index (χ2n) is 5.70. The van der Waals surface area contributed by atoms with E-state index in [2.05, 4.69) is 0 Å². The van der Waals surface area contributed by atoms with E-state index in [-0.39, 0.29) is 12.4 Å². The summed E-state index contributed by atoms with van der Waals surface area (Å²) < 4.78 is 3.76. The smallest absolute Gasteiger partial charge is 0.314 e. The number of rotatable bonds is 6. The van der Waals surface area contributed by atoms with Crippen LogP contribution in [0.2, 0.25) is 0 Å². The molecule has 1 rings (SSSR count). The summed E-state index contributed by atoms with van der Waals surface area (Å²) in [6.45, 7) is 5.84. The average Bonchev–Trinajstić information content (AvgIpc) is 2.38. The molecule has 0 aliphatic heterocycles. The van der Waals surface area contributed by atoms with E-state index in [1.807, 2.05) is 44.2 Å². The van der Waals surface area contributed by atoms with Gasteiger partial charge >= 0.3 is 5.97 Å². The Balaban J connectivity index is 3.16. The zero-order valence-electron chi connectivity index (χ0n) is 12.8. The van der Waals surface area contributed by atoms with E-state index in [4.69, 9.17) is 51.1 Å². The van der Waals surface area contributed by atoms with Crippen molar-refractivity contribution in [3.05, 3.63) is 35.9 Å². The van der Waals surface area contributed by atoms with Gasteiger partial charge in [0.2, 0.25) is 0 Å². The lowest BCUT2D eigenvalue weighted by molar-refractivity contribution is -0.148. The number of esters is 1. The fourth-order valence-corrected chi connectivity index (χ4v) is 3.44. The molecule has 0 fully saturated rings. The third-order valence-corrected chi connectivity index (χ3v) is 4.80. The quantitative estimate of drug-likeness (QED) is 0.461. The largest absolute Gasteiger partial charge is 0.466 e. The van der Waals surface area contributed by atoms with Gasteiger partial charge in [0.05, 0.1) is 12.5 Å². The topological polar surface area (TPSA) is 26.3 Å². The zero-order valence-corrected chi connectivity index (χ0v) is 15.8. The minimum Gasteiger partial charge on any atom is -0.466 e. The molecule has 0 bridgehead atoms. The molecular weight excluding hydrogens is 366 g/mol. The summed E-state index contributed by atoms with van der Waals surface area (Å²) in [5, 5.41) is -0.519. The van der Waals surface area contributed by atoms with Gasteiger partial charge in [0.15, 0.2) is 3.79 Å². The maximum absolute atomic E-state index is 12.5. The Bertz CT molecular complexity index is 483. The van der Waals surface area contributed by atoms with E-state index in [1.54, 1.807) is 6.92 Å². The van der Waals surface area contributed by atoms with Gasteiger partial charge in [-0.3, -0.25) is 4.79 Å². The zero-order chi connectivity index (χ0) is 17.0. The number of carbonyl (C=O) groups excluding carboxylic acids is 1. The molecule has 0 saturated carbocycles. The molecule has 0 aliphatic rings. The molecule has 1 aromatic rings. The molecule has 2 unspecified atom stereocenters. The van der Waals surface area contributed by atoms with Crippen LogP contribution in [-0.4, -0.2) is 21.7 Å². The van der Waals surface area contributed by atoms with Gasteiger partial charge in [-0.15, -0.1) is 11.6 Å². The van der Waals surface area contributed by atoms with Crippen LogP contribution in [0.15, 0.2) is 30.3 Å². The third-order valence-electron chi connectivity index (χ3n) is 3.62. The third kappa shape index (κ3) is 5.49. The molecule has 0 amide bonds. The highest BCUT2D eigenvalue weighted by atomic mass is 35.6. The van der Waals surface area contributed by atoms with Crippen LogP contribution >= 0.6 is 46.4 Å².